The summed E-state index contributed by atoms with van der Waals surface area (Å²) < 4.78 is 0. The molecule has 0 nitrogen and oxygen atoms in total. The van der Waals surface area contributed by atoms with Crippen molar-refractivity contribution >= 4 is 11.6 Å². The predicted molar refractivity (Wildman–Crippen MR) is 59.9 cm³/mol. The van der Waals surface area contributed by atoms with Gasteiger partial charge in [0.1, 0.15) is 0 Å². The smallest absolute Gasteiger partial charge is 0.0223 e. The zero-order chi connectivity index (χ0) is 9.66. The quantitative estimate of drug-likeness (QED) is 0.337. The van der Waals surface area contributed by atoms with E-state index < -0.39 is 0 Å². The monoisotopic (exact) mass is 188 g/mol. The first-order chi connectivity index (χ1) is 5.83. The normalized spacial score (nSPS) is 9.25. The van der Waals surface area contributed by atoms with E-state index in [4.69, 9.17) is 11.6 Å². The molecule has 0 rings (SSSR count). The van der Waals surface area contributed by atoms with Crippen molar-refractivity contribution in [3.63, 3.8) is 0 Å². The lowest BCUT2D eigenvalue weighted by atomic mass is 10.3. The van der Waals surface area contributed by atoms with Crippen LogP contribution in [0.4, 0.5) is 0 Å². The van der Waals surface area contributed by atoms with Crippen LogP contribution in [0.3, 0.4) is 0 Å². The maximum absolute atomic E-state index is 5.38. The van der Waals surface area contributed by atoms with Gasteiger partial charge in [0, 0.05) is 5.88 Å². The molecule has 0 aromatic carbocycles. The predicted octanol–water partition coefficient (Wildman–Crippen LogP) is 4.55. The Morgan fingerprint density at radius 3 is 2.08 bits per heavy atom. The summed E-state index contributed by atoms with van der Waals surface area (Å²) in [7, 11) is 0. The highest BCUT2D eigenvalue weighted by Crippen LogP contribution is 1.93. The molecule has 1 heteroatoms. The highest BCUT2D eigenvalue weighted by molar-refractivity contribution is 6.17. The zero-order valence-corrected chi connectivity index (χ0v) is 9.11. The molecule has 0 heterocycles. The van der Waals surface area contributed by atoms with Crippen molar-refractivity contribution in [3.8, 4) is 0 Å². The van der Waals surface area contributed by atoms with Gasteiger partial charge >= 0.3 is 0 Å². The fourth-order valence-electron chi connectivity index (χ4n) is 0.577. The van der Waals surface area contributed by atoms with E-state index in [9.17, 15) is 0 Å². The number of halogens is 1. The van der Waals surface area contributed by atoms with E-state index in [-0.39, 0.29) is 0 Å². The third-order valence-electron chi connectivity index (χ3n) is 1.25. The maximum Gasteiger partial charge on any atom is 0.0223 e. The maximum atomic E-state index is 5.38. The molecule has 0 aliphatic rings. The lowest BCUT2D eigenvalue weighted by Gasteiger charge is -1.84. The standard InChI is InChI=1S/C6H10.C5H11Cl/c1-3-5-6-4-2;1-2-3-4-5-6/h3,5-6H,1,4H2,2H3;2-5H2,1H3. The Labute approximate surface area is 82.3 Å². The molecule has 72 valence electrons. The average molecular weight is 189 g/mol. The second-order valence-electron chi connectivity index (χ2n) is 2.47. The van der Waals surface area contributed by atoms with Crippen LogP contribution in [0.15, 0.2) is 24.8 Å². The third kappa shape index (κ3) is 22.6. The SMILES string of the molecule is C=CC=CCC.CCCCCCl. The molecule has 0 aromatic rings. The van der Waals surface area contributed by atoms with E-state index in [0.29, 0.717) is 0 Å². The van der Waals surface area contributed by atoms with Crippen molar-refractivity contribution in [1.29, 1.82) is 0 Å². The number of unbranched alkanes of at least 4 members (excludes halogenated alkanes) is 2. The van der Waals surface area contributed by atoms with Crippen molar-refractivity contribution in [2.75, 3.05) is 5.88 Å². The Bertz CT molecular complexity index is 91.2. The summed E-state index contributed by atoms with van der Waals surface area (Å²) in [5, 5.41) is 0. The Balaban J connectivity index is 0. The van der Waals surface area contributed by atoms with E-state index in [1.807, 2.05) is 6.08 Å². The summed E-state index contributed by atoms with van der Waals surface area (Å²) in [5.41, 5.74) is 0. The molecule has 12 heavy (non-hydrogen) atoms. The second kappa shape index (κ2) is 17.0. The number of rotatable bonds is 5. The number of hydrogen-bond acceptors (Lipinski definition) is 0. The topological polar surface area (TPSA) is 0 Å². The van der Waals surface area contributed by atoms with Crippen LogP contribution in [-0.4, -0.2) is 5.88 Å². The van der Waals surface area contributed by atoms with Gasteiger partial charge in [-0.25, -0.2) is 0 Å². The summed E-state index contributed by atoms with van der Waals surface area (Å²) in [4.78, 5) is 0. The van der Waals surface area contributed by atoms with Crippen molar-refractivity contribution in [1.82, 2.24) is 0 Å². The molecule has 0 atom stereocenters. The minimum Gasteiger partial charge on any atom is -0.127 e. The molecule has 0 aliphatic carbocycles. The summed E-state index contributed by atoms with van der Waals surface area (Å²) in [5.74, 6) is 0.827. The lowest BCUT2D eigenvalue weighted by Crippen LogP contribution is -1.70. The van der Waals surface area contributed by atoms with Gasteiger partial charge in [-0.2, -0.15) is 0 Å². The fourth-order valence-corrected chi connectivity index (χ4v) is 0.766. The third-order valence-corrected chi connectivity index (χ3v) is 1.51. The molecule has 0 spiro atoms. The number of allylic oxidation sites excluding steroid dienone is 3. The Hall–Kier alpha value is -0.230. The van der Waals surface area contributed by atoms with Gasteiger partial charge in [0.15, 0.2) is 0 Å². The van der Waals surface area contributed by atoms with Crippen LogP contribution in [0, 0.1) is 0 Å². The highest BCUT2D eigenvalue weighted by Gasteiger charge is 1.76. The summed E-state index contributed by atoms with van der Waals surface area (Å²) in [6, 6.07) is 0. The van der Waals surface area contributed by atoms with E-state index >= 15 is 0 Å². The molecule has 0 radical (unpaired) electrons. The highest BCUT2D eigenvalue weighted by atomic mass is 35.5. The molecule has 0 amide bonds. The molecule has 0 aromatic heterocycles. The Kier molecular flexibility index (Phi) is 20.3. The Morgan fingerprint density at radius 1 is 1.25 bits per heavy atom. The fraction of sp³-hybridized carbons (Fsp3) is 0.636. The van der Waals surface area contributed by atoms with Gasteiger partial charge in [0.25, 0.3) is 0 Å². The molecule has 0 aliphatic heterocycles. The first-order valence-electron chi connectivity index (χ1n) is 4.66. The van der Waals surface area contributed by atoms with Crippen LogP contribution in [0.1, 0.15) is 39.5 Å². The van der Waals surface area contributed by atoms with E-state index in [1.54, 1.807) is 6.08 Å². The van der Waals surface area contributed by atoms with Crippen LogP contribution in [-0.2, 0) is 0 Å². The van der Waals surface area contributed by atoms with E-state index in [1.165, 1.54) is 19.3 Å². The van der Waals surface area contributed by atoms with Crippen LogP contribution in [0.2, 0.25) is 0 Å². The summed E-state index contributed by atoms with van der Waals surface area (Å²) in [6.07, 6.45) is 10.6. The van der Waals surface area contributed by atoms with Crippen molar-refractivity contribution < 1.29 is 0 Å². The van der Waals surface area contributed by atoms with Crippen LogP contribution < -0.4 is 0 Å². The van der Waals surface area contributed by atoms with Gasteiger partial charge < -0.3 is 0 Å². The number of alkyl halides is 1. The largest absolute Gasteiger partial charge is 0.127 e. The first-order valence-corrected chi connectivity index (χ1v) is 5.20. The lowest BCUT2D eigenvalue weighted by molar-refractivity contribution is 0.776. The molecular weight excluding hydrogens is 168 g/mol. The van der Waals surface area contributed by atoms with Gasteiger partial charge in [-0.15, -0.1) is 11.6 Å². The van der Waals surface area contributed by atoms with E-state index in [2.05, 4.69) is 26.5 Å². The Morgan fingerprint density at radius 2 is 1.92 bits per heavy atom. The molecule has 0 saturated carbocycles. The second-order valence-corrected chi connectivity index (χ2v) is 2.85. The van der Waals surface area contributed by atoms with Crippen LogP contribution >= 0.6 is 11.6 Å². The minimum absolute atomic E-state index is 0.827. The summed E-state index contributed by atoms with van der Waals surface area (Å²) in [6.45, 7) is 7.78. The molecule has 0 bridgehead atoms. The van der Waals surface area contributed by atoms with Crippen LogP contribution in [0.5, 0.6) is 0 Å². The number of hydrogen-bond donors (Lipinski definition) is 0. The zero-order valence-electron chi connectivity index (χ0n) is 8.35. The minimum atomic E-state index is 0.827. The average Bonchev–Trinajstić information content (AvgIpc) is 2.12. The van der Waals surface area contributed by atoms with Crippen molar-refractivity contribution in [3.05, 3.63) is 24.8 Å². The molecule has 0 unspecified atom stereocenters. The molecule has 0 saturated heterocycles. The van der Waals surface area contributed by atoms with Gasteiger partial charge in [0.05, 0.1) is 0 Å². The molecular formula is C11H21Cl. The van der Waals surface area contributed by atoms with Gasteiger partial charge in [-0.1, -0.05) is 51.5 Å². The van der Waals surface area contributed by atoms with Gasteiger partial charge in [-0.05, 0) is 12.8 Å². The van der Waals surface area contributed by atoms with Crippen molar-refractivity contribution in [2.45, 2.75) is 39.5 Å². The van der Waals surface area contributed by atoms with Gasteiger partial charge in [-0.3, -0.25) is 0 Å². The van der Waals surface area contributed by atoms with Crippen LogP contribution in [0.25, 0.3) is 0 Å². The molecule has 0 fully saturated rings. The van der Waals surface area contributed by atoms with E-state index in [0.717, 1.165) is 12.3 Å². The molecule has 0 N–H and O–H groups in total. The summed E-state index contributed by atoms with van der Waals surface area (Å²) >= 11 is 5.38. The van der Waals surface area contributed by atoms with Crippen molar-refractivity contribution in [2.24, 2.45) is 0 Å². The van der Waals surface area contributed by atoms with Gasteiger partial charge in [0.2, 0.25) is 0 Å². The first kappa shape index (κ1) is 14.3.